The van der Waals surface area contributed by atoms with E-state index in [0.717, 1.165) is 25.7 Å². The van der Waals surface area contributed by atoms with Crippen molar-refractivity contribution >= 4 is 0 Å². The molecule has 1 aliphatic rings. The minimum atomic E-state index is 0.815. The fourth-order valence-electron chi connectivity index (χ4n) is 1.26. The normalized spacial score (nSPS) is 16.3. The Morgan fingerprint density at radius 2 is 2.38 bits per heavy atom. The van der Waals surface area contributed by atoms with Crippen molar-refractivity contribution in [2.75, 3.05) is 13.1 Å². The van der Waals surface area contributed by atoms with Gasteiger partial charge in [0, 0.05) is 37.4 Å². The van der Waals surface area contributed by atoms with Gasteiger partial charge in [0.05, 0.1) is 6.20 Å². The summed E-state index contributed by atoms with van der Waals surface area (Å²) in [4.78, 5) is 0. The van der Waals surface area contributed by atoms with Gasteiger partial charge in [-0.3, -0.25) is 5.10 Å². The molecule has 0 bridgehead atoms. The third-order valence-corrected chi connectivity index (χ3v) is 2.20. The van der Waals surface area contributed by atoms with Crippen LogP contribution in [0.2, 0.25) is 0 Å². The number of aromatic nitrogens is 2. The number of H-pyrrole nitrogens is 1. The average Bonchev–Trinajstić information content (AvgIpc) is 2.81. The monoisotopic (exact) mass is 180 g/mol. The van der Waals surface area contributed by atoms with Crippen LogP contribution in [-0.2, 0) is 6.54 Å². The lowest BCUT2D eigenvalue weighted by Gasteiger charge is -2.03. The van der Waals surface area contributed by atoms with Gasteiger partial charge >= 0.3 is 0 Å². The molecule has 1 fully saturated rings. The van der Waals surface area contributed by atoms with Crippen molar-refractivity contribution in [3.8, 4) is 0 Å². The largest absolute Gasteiger partial charge is 0.313 e. The summed E-state index contributed by atoms with van der Waals surface area (Å²) in [5.41, 5.74) is 1.21. The number of hydrogen-bond donors (Lipinski definition) is 3. The van der Waals surface area contributed by atoms with E-state index in [1.54, 1.807) is 0 Å². The molecule has 0 spiro atoms. The van der Waals surface area contributed by atoms with E-state index in [0.29, 0.717) is 0 Å². The van der Waals surface area contributed by atoms with Crippen LogP contribution in [0, 0.1) is 0 Å². The molecule has 0 amide bonds. The van der Waals surface area contributed by atoms with Crippen LogP contribution in [0.15, 0.2) is 12.4 Å². The van der Waals surface area contributed by atoms with Gasteiger partial charge in [-0.25, -0.2) is 0 Å². The van der Waals surface area contributed by atoms with Gasteiger partial charge in [0.2, 0.25) is 0 Å². The number of aromatic amines is 1. The minimum absolute atomic E-state index is 0.815. The van der Waals surface area contributed by atoms with Crippen molar-refractivity contribution in [1.82, 2.24) is 20.8 Å². The molecule has 3 N–H and O–H groups in total. The molecule has 0 aromatic carbocycles. The smallest absolute Gasteiger partial charge is 0.0532 e. The summed E-state index contributed by atoms with van der Waals surface area (Å²) in [6.07, 6.45) is 6.49. The Hall–Kier alpha value is -0.870. The molecule has 1 saturated carbocycles. The van der Waals surface area contributed by atoms with E-state index < -0.39 is 0 Å². The summed E-state index contributed by atoms with van der Waals surface area (Å²) in [6.45, 7) is 3.01. The van der Waals surface area contributed by atoms with Crippen LogP contribution in [0.5, 0.6) is 0 Å². The highest BCUT2D eigenvalue weighted by atomic mass is 15.1. The predicted molar refractivity (Wildman–Crippen MR) is 51.3 cm³/mol. The van der Waals surface area contributed by atoms with Gasteiger partial charge in [0.1, 0.15) is 0 Å². The lowest BCUT2D eigenvalue weighted by molar-refractivity contribution is 0.609. The van der Waals surface area contributed by atoms with Crippen LogP contribution in [0.3, 0.4) is 0 Å². The van der Waals surface area contributed by atoms with Crippen LogP contribution >= 0.6 is 0 Å². The van der Waals surface area contributed by atoms with Gasteiger partial charge in [0.15, 0.2) is 0 Å². The maximum Gasteiger partial charge on any atom is 0.0532 e. The van der Waals surface area contributed by atoms with Gasteiger partial charge in [-0.2, -0.15) is 5.10 Å². The summed E-state index contributed by atoms with van der Waals surface area (Å²) in [7, 11) is 0. The van der Waals surface area contributed by atoms with E-state index in [1.807, 2.05) is 12.4 Å². The molecular weight excluding hydrogens is 164 g/mol. The Morgan fingerprint density at radius 3 is 3.08 bits per heavy atom. The van der Waals surface area contributed by atoms with E-state index in [-0.39, 0.29) is 0 Å². The number of nitrogens with zero attached hydrogens (tertiary/aromatic N) is 1. The van der Waals surface area contributed by atoms with Crippen molar-refractivity contribution in [3.63, 3.8) is 0 Å². The second-order valence-electron chi connectivity index (χ2n) is 3.51. The fourth-order valence-corrected chi connectivity index (χ4v) is 1.26. The van der Waals surface area contributed by atoms with E-state index in [4.69, 9.17) is 0 Å². The summed E-state index contributed by atoms with van der Waals surface area (Å²) in [6, 6.07) is 0.815. The topological polar surface area (TPSA) is 52.7 Å². The molecular formula is C9H16N4. The number of hydrogen-bond acceptors (Lipinski definition) is 3. The van der Waals surface area contributed by atoms with Crippen LogP contribution in [0.4, 0.5) is 0 Å². The molecule has 0 saturated heterocycles. The fraction of sp³-hybridized carbons (Fsp3) is 0.667. The van der Waals surface area contributed by atoms with Crippen molar-refractivity contribution in [3.05, 3.63) is 18.0 Å². The summed E-state index contributed by atoms with van der Waals surface area (Å²) >= 11 is 0. The average molecular weight is 180 g/mol. The zero-order valence-corrected chi connectivity index (χ0v) is 7.71. The van der Waals surface area contributed by atoms with E-state index >= 15 is 0 Å². The van der Waals surface area contributed by atoms with Crippen LogP contribution in [0.1, 0.15) is 18.4 Å². The molecule has 0 aliphatic heterocycles. The van der Waals surface area contributed by atoms with Gasteiger partial charge in [-0.1, -0.05) is 0 Å². The molecule has 1 heterocycles. The summed E-state index contributed by atoms with van der Waals surface area (Å²) < 4.78 is 0. The van der Waals surface area contributed by atoms with Crippen molar-refractivity contribution < 1.29 is 0 Å². The SMILES string of the molecule is c1n[nH]cc1CNCCNC1CC1. The summed E-state index contributed by atoms with van der Waals surface area (Å²) in [5.74, 6) is 0. The van der Waals surface area contributed by atoms with Crippen LogP contribution < -0.4 is 10.6 Å². The lowest BCUT2D eigenvalue weighted by atomic mass is 10.3. The Morgan fingerprint density at radius 1 is 1.46 bits per heavy atom. The maximum atomic E-state index is 3.88. The Bertz CT molecular complexity index is 228. The Kier molecular flexibility index (Phi) is 2.94. The summed E-state index contributed by atoms with van der Waals surface area (Å²) in [5, 5.41) is 13.5. The van der Waals surface area contributed by atoms with E-state index in [1.165, 1.54) is 18.4 Å². The lowest BCUT2D eigenvalue weighted by Crippen LogP contribution is -2.28. The van der Waals surface area contributed by atoms with Crippen molar-refractivity contribution in [1.29, 1.82) is 0 Å². The molecule has 0 radical (unpaired) electrons. The van der Waals surface area contributed by atoms with Crippen LogP contribution in [-0.4, -0.2) is 29.3 Å². The first kappa shape index (κ1) is 8.72. The van der Waals surface area contributed by atoms with Gasteiger partial charge in [-0.05, 0) is 12.8 Å². The Labute approximate surface area is 78.1 Å². The second-order valence-corrected chi connectivity index (χ2v) is 3.51. The van der Waals surface area contributed by atoms with Crippen molar-refractivity contribution in [2.45, 2.75) is 25.4 Å². The highest BCUT2D eigenvalue weighted by molar-refractivity contribution is 5.01. The standard InChI is InChI=1S/C9H16N4/c1-2-9(1)11-4-3-10-5-8-6-12-13-7-8/h6-7,9-11H,1-5H2,(H,12,13). The third kappa shape index (κ3) is 3.16. The molecule has 72 valence electrons. The molecule has 0 atom stereocenters. The maximum absolute atomic E-state index is 3.88. The number of nitrogens with one attached hydrogen (secondary N) is 3. The van der Waals surface area contributed by atoms with E-state index in [2.05, 4.69) is 20.8 Å². The molecule has 2 rings (SSSR count). The minimum Gasteiger partial charge on any atom is -0.313 e. The molecule has 1 aromatic heterocycles. The molecule has 0 unspecified atom stereocenters. The van der Waals surface area contributed by atoms with Crippen molar-refractivity contribution in [2.24, 2.45) is 0 Å². The highest BCUT2D eigenvalue weighted by Crippen LogP contribution is 2.17. The highest BCUT2D eigenvalue weighted by Gasteiger charge is 2.19. The molecule has 4 nitrogen and oxygen atoms in total. The molecule has 1 aliphatic carbocycles. The first-order valence-corrected chi connectivity index (χ1v) is 4.87. The molecule has 13 heavy (non-hydrogen) atoms. The zero-order valence-electron chi connectivity index (χ0n) is 7.71. The first-order valence-electron chi connectivity index (χ1n) is 4.87. The van der Waals surface area contributed by atoms with Gasteiger partial charge in [-0.15, -0.1) is 0 Å². The van der Waals surface area contributed by atoms with Crippen LogP contribution in [0.25, 0.3) is 0 Å². The van der Waals surface area contributed by atoms with E-state index in [9.17, 15) is 0 Å². The zero-order chi connectivity index (χ0) is 8.93. The third-order valence-electron chi connectivity index (χ3n) is 2.20. The Balaban J connectivity index is 1.48. The first-order chi connectivity index (χ1) is 6.45. The predicted octanol–water partition coefficient (Wildman–Crippen LogP) is 0.251. The molecule has 1 aromatic rings. The quantitative estimate of drug-likeness (QED) is 0.550. The van der Waals surface area contributed by atoms with Gasteiger partial charge < -0.3 is 10.6 Å². The second kappa shape index (κ2) is 4.39. The number of rotatable bonds is 6. The van der Waals surface area contributed by atoms with Gasteiger partial charge in [0.25, 0.3) is 0 Å². The molecule has 4 heteroatoms.